The number of carbonyl (C=O) groups excluding carboxylic acids is 2. The summed E-state index contributed by atoms with van der Waals surface area (Å²) in [7, 11) is -4.25. The Bertz CT molecular complexity index is 2400. The average Bonchev–Trinajstić information content (AvgIpc) is 2.42. The van der Waals surface area contributed by atoms with Crippen molar-refractivity contribution in [3.63, 3.8) is 0 Å². The van der Waals surface area contributed by atoms with Crippen molar-refractivity contribution >= 4 is 22.2 Å². The van der Waals surface area contributed by atoms with Crippen molar-refractivity contribution < 1.29 is 150 Å². The van der Waals surface area contributed by atoms with E-state index < -0.39 is 187 Å². The normalized spacial score (nSPS) is 49.1. The Labute approximate surface area is 487 Å². The van der Waals surface area contributed by atoms with Gasteiger partial charge in [-0.15, -0.1) is 6.58 Å². The van der Waals surface area contributed by atoms with Crippen LogP contribution in [0.25, 0.3) is 0 Å². The third kappa shape index (κ3) is 11.2. The van der Waals surface area contributed by atoms with Crippen LogP contribution in [0.2, 0.25) is 0 Å². The van der Waals surface area contributed by atoms with E-state index in [-0.39, 0.29) is 59.6 Å². The summed E-state index contributed by atoms with van der Waals surface area (Å²) >= 11 is 0. The Morgan fingerprint density at radius 2 is 1.39 bits per heavy atom. The second-order valence-corrected chi connectivity index (χ2v) is 25.8. The Morgan fingerprint density at radius 3 is 2.04 bits per heavy atom. The van der Waals surface area contributed by atoms with Crippen LogP contribution in [0.5, 0.6) is 0 Å². The molecule has 80 heavy (non-hydrogen) atoms. The molecule has 9 N–H and O–H groups in total. The van der Waals surface area contributed by atoms with Crippen molar-refractivity contribution in [2.24, 2.45) is 39.4 Å². The molecule has 4 aliphatic carbocycles. The largest absolute Gasteiger partial charge is 1.00 e. The van der Waals surface area contributed by atoms with Crippen molar-refractivity contribution in [1.29, 1.82) is 0 Å². The predicted octanol–water partition coefficient (Wildman–Crippen LogP) is -4.11. The molecular formula is C53H81NaO25S. The molecule has 0 unspecified atom stereocenters. The fourth-order valence-electron chi connectivity index (χ4n) is 15.8. The molecule has 1 spiro atoms. The van der Waals surface area contributed by atoms with Crippen molar-refractivity contribution in [2.75, 3.05) is 33.5 Å². The third-order valence-electron chi connectivity index (χ3n) is 19.7. The summed E-state index contributed by atoms with van der Waals surface area (Å²) in [6, 6.07) is 0. The van der Waals surface area contributed by atoms with Gasteiger partial charge in [-0.2, -0.15) is 0 Å². The molecule has 5 aliphatic heterocycles. The summed E-state index contributed by atoms with van der Waals surface area (Å²) in [5, 5.41) is 98.8. The number of carbonyl (C=O) groups is 2. The van der Waals surface area contributed by atoms with Gasteiger partial charge in [0.05, 0.1) is 43.9 Å². The van der Waals surface area contributed by atoms with Gasteiger partial charge in [0.1, 0.15) is 96.8 Å². The van der Waals surface area contributed by atoms with Crippen molar-refractivity contribution in [2.45, 2.75) is 222 Å². The first kappa shape index (κ1) is 64.8. The first-order chi connectivity index (χ1) is 37.0. The number of hydrogen-bond donors (Lipinski definition) is 9. The van der Waals surface area contributed by atoms with E-state index in [9.17, 15) is 68.5 Å². The minimum atomic E-state index is -5.44. The number of hydrogen-bond acceptors (Lipinski definition) is 25. The molecule has 5 saturated heterocycles. The SMILES string of the molecule is C=C(C)CCC[C@]1(C)OC(=O)[C@]23CC=C4[C@@H](CC[C@H]5C(C)(C)[C@@H](O[C@@H]6OC[C@@H](OS(=O)(=O)[O-])[C@H](O)[C@H]6O[C@@H]6O[C@H](CO)[C@@H](O[C@@H]7OC[C@@H](O)[C@H](O[C@@H]8O[C@H](CO)[C@@H](O)[C@H](OC)[C@H]8O)[C@H]7O)[C@H](O)[C@H]6O)CC[C@]45C)[C@]2(C)CC(=O)[C@@H]31.[Na+]. The molecule has 8 fully saturated rings. The van der Waals surface area contributed by atoms with Crippen LogP contribution in [0.3, 0.4) is 0 Å². The first-order valence-corrected chi connectivity index (χ1v) is 28.8. The summed E-state index contributed by atoms with van der Waals surface area (Å²) < 4.78 is 99.2. The van der Waals surface area contributed by atoms with Crippen LogP contribution in [-0.4, -0.2) is 227 Å². The molecule has 0 bridgehead atoms. The molecule has 450 valence electrons. The minimum absolute atomic E-state index is 0. The molecule has 0 aromatic rings. The number of ketones is 1. The number of allylic oxidation sites excluding steroid dienone is 3. The minimum Gasteiger partial charge on any atom is -0.726 e. The summed E-state index contributed by atoms with van der Waals surface area (Å²) in [6.07, 6.45) is -24.3. The molecule has 0 aromatic heterocycles. The molecule has 0 aromatic carbocycles. The molecule has 27 heteroatoms. The van der Waals surface area contributed by atoms with Gasteiger partial charge in [-0.05, 0) is 93.3 Å². The van der Waals surface area contributed by atoms with E-state index in [2.05, 4.69) is 44.5 Å². The first-order valence-electron chi connectivity index (χ1n) is 27.4. The maximum Gasteiger partial charge on any atom is 1.00 e. The van der Waals surface area contributed by atoms with Crippen molar-refractivity contribution in [3.05, 3.63) is 23.8 Å². The number of cyclic esters (lactones) is 1. The van der Waals surface area contributed by atoms with Crippen molar-refractivity contribution in [3.8, 4) is 0 Å². The van der Waals surface area contributed by atoms with E-state index >= 15 is 0 Å². The van der Waals surface area contributed by atoms with E-state index in [4.69, 9.17) is 47.4 Å². The maximum absolute atomic E-state index is 14.4. The molecule has 26 atom stereocenters. The second kappa shape index (κ2) is 24.1. The van der Waals surface area contributed by atoms with Gasteiger partial charge in [0.25, 0.3) is 0 Å². The standard InChI is InChI=1S/C53H82O25S.Na/c1-23(2)10-9-15-52(7)43-26(56)18-51(6)25-11-12-31-49(3,4)32(14-16-50(31,5)24(25)13-17-53(43,51)48(64)77-52)73-47-42(34(59)30(22-70-47)78-79(65,66)67)76-45-36(61)35(60)40(29(20-55)72-45)75-44-37(62)39(27(57)21-69-44)74-46-38(63)41(68-8)33(58)28(19-54)71-46;/h13,25,27-47,54-55,57-63H,1,9-12,14-22H2,2-8H3,(H,65,66,67);/q;+1/p-1/t25-,27-,28-,29-,30-,31+,32+,33-,34+,35-,36-,37-,38-,39+,40-,41+,42-,43-,44+,45+,46+,47+,50-,51+,52+,53-;/m1./s1. The maximum atomic E-state index is 14.4. The van der Waals surface area contributed by atoms with Crippen LogP contribution in [0.15, 0.2) is 23.8 Å². The van der Waals surface area contributed by atoms with Gasteiger partial charge >= 0.3 is 35.5 Å². The topological polar surface area (TPSA) is 375 Å². The summed E-state index contributed by atoms with van der Waals surface area (Å²) in [6.45, 7) is 13.5. The Hall–Kier alpha value is -1.23. The van der Waals surface area contributed by atoms with Crippen LogP contribution in [0, 0.1) is 39.4 Å². The van der Waals surface area contributed by atoms with E-state index in [1.54, 1.807) is 0 Å². The number of aliphatic hydroxyl groups is 9. The number of rotatable bonds is 17. The summed E-state index contributed by atoms with van der Waals surface area (Å²) in [5.41, 5.74) is -1.44. The molecular weight excluding hydrogens is 1090 g/mol. The number of Topliss-reactive ketones (excluding diaryl/α,β-unsaturated/α-hetero) is 1. The second-order valence-electron chi connectivity index (χ2n) is 24.8. The van der Waals surface area contributed by atoms with Crippen LogP contribution in [0.1, 0.15) is 99.3 Å². The molecule has 3 saturated carbocycles. The molecule has 9 rings (SSSR count). The van der Waals surface area contributed by atoms with Gasteiger partial charge in [-0.3, -0.25) is 13.8 Å². The Kier molecular flexibility index (Phi) is 19.5. The van der Waals surface area contributed by atoms with E-state index in [0.29, 0.717) is 38.5 Å². The number of esters is 1. The average molecular weight is 1170 g/mol. The fourth-order valence-corrected chi connectivity index (χ4v) is 16.3. The van der Waals surface area contributed by atoms with Gasteiger partial charge in [0, 0.05) is 13.5 Å². The van der Waals surface area contributed by atoms with Crippen LogP contribution < -0.4 is 29.6 Å². The molecule has 5 heterocycles. The summed E-state index contributed by atoms with van der Waals surface area (Å²) in [4.78, 5) is 28.7. The summed E-state index contributed by atoms with van der Waals surface area (Å²) in [5.74, 6) is -0.929. The van der Waals surface area contributed by atoms with E-state index in [1.807, 2.05) is 13.8 Å². The number of fused-ring (bicyclic) bond motifs is 4. The zero-order valence-electron chi connectivity index (χ0n) is 46.6. The van der Waals surface area contributed by atoms with Gasteiger partial charge < -0.3 is 97.9 Å². The fraction of sp³-hybridized carbons (Fsp3) is 0.887. The molecule has 9 aliphatic rings. The van der Waals surface area contributed by atoms with Gasteiger partial charge in [-0.25, -0.2) is 8.42 Å². The third-order valence-corrected chi connectivity index (χ3v) is 20.2. The zero-order valence-corrected chi connectivity index (χ0v) is 49.5. The van der Waals surface area contributed by atoms with Gasteiger partial charge in [-0.1, -0.05) is 44.9 Å². The molecule has 25 nitrogen and oxygen atoms in total. The Balaban J connectivity index is 0.00000841. The number of methoxy groups -OCH3 is 1. The van der Waals surface area contributed by atoms with Gasteiger partial charge in [0.15, 0.2) is 25.2 Å². The number of aliphatic hydroxyl groups excluding tert-OH is 9. The molecule has 0 radical (unpaired) electrons. The Morgan fingerprint density at radius 1 is 0.762 bits per heavy atom. The quantitative estimate of drug-likeness (QED) is 0.0167. The van der Waals surface area contributed by atoms with E-state index in [0.717, 1.165) is 18.4 Å². The van der Waals surface area contributed by atoms with Crippen molar-refractivity contribution in [1.82, 2.24) is 0 Å². The predicted molar refractivity (Wildman–Crippen MR) is 265 cm³/mol. The zero-order chi connectivity index (χ0) is 57.7. The smallest absolute Gasteiger partial charge is 0.726 e. The number of ether oxygens (including phenoxy) is 10. The monoisotopic (exact) mass is 1170 g/mol. The van der Waals surface area contributed by atoms with Crippen LogP contribution in [0.4, 0.5) is 0 Å². The van der Waals surface area contributed by atoms with Gasteiger partial charge in [0.2, 0.25) is 10.4 Å². The molecule has 0 amide bonds. The van der Waals surface area contributed by atoms with E-state index in [1.165, 1.54) is 12.7 Å². The van der Waals surface area contributed by atoms with Crippen LogP contribution >= 0.6 is 0 Å². The van der Waals surface area contributed by atoms with Crippen LogP contribution in [-0.2, 0) is 71.5 Å².